The lowest BCUT2D eigenvalue weighted by atomic mass is 10.2. The van der Waals surface area contributed by atoms with E-state index in [1.807, 2.05) is 0 Å². The van der Waals surface area contributed by atoms with Crippen molar-refractivity contribution in [3.8, 4) is 0 Å². The number of hydrogen-bond acceptors (Lipinski definition) is 3. The maximum Gasteiger partial charge on any atom is 0.417 e. The summed E-state index contributed by atoms with van der Waals surface area (Å²) in [7, 11) is 0. The van der Waals surface area contributed by atoms with Gasteiger partial charge in [0.15, 0.2) is 0 Å². The lowest BCUT2D eigenvalue weighted by Crippen LogP contribution is -2.22. The molecule has 0 fully saturated rings. The van der Waals surface area contributed by atoms with Gasteiger partial charge in [0.2, 0.25) is 0 Å². The summed E-state index contributed by atoms with van der Waals surface area (Å²) in [6.45, 7) is 1.45. The van der Waals surface area contributed by atoms with E-state index < -0.39 is 29.4 Å². The number of aromatic nitrogens is 2. The summed E-state index contributed by atoms with van der Waals surface area (Å²) in [4.78, 5) is 7.32. The molecule has 0 aliphatic carbocycles. The molecule has 1 atom stereocenters. The molecule has 0 radical (unpaired) electrons. The predicted octanol–water partition coefficient (Wildman–Crippen LogP) is 3.62. The summed E-state index contributed by atoms with van der Waals surface area (Å²) in [6, 6.07) is 2.50. The van der Waals surface area contributed by atoms with E-state index in [4.69, 9.17) is 0 Å². The SMILES string of the molecule is CC(NCc1ncc(C(F)(F)F)cc1F)c1ncccc1F. The molecule has 0 bridgehead atoms. The summed E-state index contributed by atoms with van der Waals surface area (Å²) in [5.74, 6) is -1.60. The third-order valence-corrected chi connectivity index (χ3v) is 3.02. The molecule has 0 aliphatic heterocycles. The normalized spacial score (nSPS) is 13.2. The van der Waals surface area contributed by atoms with Gasteiger partial charge < -0.3 is 5.32 Å². The molecule has 0 spiro atoms. The highest BCUT2D eigenvalue weighted by Gasteiger charge is 2.31. The first-order valence-corrected chi connectivity index (χ1v) is 6.34. The largest absolute Gasteiger partial charge is 0.417 e. The fraction of sp³-hybridized carbons (Fsp3) is 0.286. The molecule has 0 amide bonds. The van der Waals surface area contributed by atoms with Crippen molar-refractivity contribution >= 4 is 0 Å². The zero-order chi connectivity index (χ0) is 16.3. The zero-order valence-electron chi connectivity index (χ0n) is 11.5. The summed E-state index contributed by atoms with van der Waals surface area (Å²) in [5, 5.41) is 2.77. The topological polar surface area (TPSA) is 37.8 Å². The average Bonchev–Trinajstić information content (AvgIpc) is 2.45. The van der Waals surface area contributed by atoms with E-state index in [0.29, 0.717) is 12.3 Å². The fourth-order valence-corrected chi connectivity index (χ4v) is 1.81. The van der Waals surface area contributed by atoms with Gasteiger partial charge in [-0.2, -0.15) is 13.2 Å². The number of hydrogen-bond donors (Lipinski definition) is 1. The molecule has 1 unspecified atom stereocenters. The van der Waals surface area contributed by atoms with Crippen LogP contribution in [0.3, 0.4) is 0 Å². The van der Waals surface area contributed by atoms with Gasteiger partial charge >= 0.3 is 6.18 Å². The molecule has 2 rings (SSSR count). The lowest BCUT2D eigenvalue weighted by molar-refractivity contribution is -0.138. The monoisotopic (exact) mass is 317 g/mol. The second-order valence-electron chi connectivity index (χ2n) is 4.62. The van der Waals surface area contributed by atoms with Crippen LogP contribution in [0.2, 0.25) is 0 Å². The highest BCUT2D eigenvalue weighted by Crippen LogP contribution is 2.29. The Kier molecular flexibility index (Phi) is 4.70. The number of pyridine rings is 2. The Balaban J connectivity index is 2.07. The van der Waals surface area contributed by atoms with Crippen molar-refractivity contribution in [2.45, 2.75) is 25.7 Å². The van der Waals surface area contributed by atoms with Gasteiger partial charge in [-0.1, -0.05) is 0 Å². The standard InChI is InChI=1S/C14H12F5N3/c1-8(13-10(15)3-2-4-20-13)21-7-12-11(16)5-9(6-22-12)14(17,18)19/h2-6,8,21H,7H2,1H3. The average molecular weight is 317 g/mol. The summed E-state index contributed by atoms with van der Waals surface area (Å²) in [6.07, 6.45) is -2.68. The van der Waals surface area contributed by atoms with Crippen LogP contribution in [-0.2, 0) is 12.7 Å². The van der Waals surface area contributed by atoms with E-state index in [9.17, 15) is 22.0 Å². The van der Waals surface area contributed by atoms with Crippen molar-refractivity contribution in [2.75, 3.05) is 0 Å². The van der Waals surface area contributed by atoms with Crippen LogP contribution >= 0.6 is 0 Å². The van der Waals surface area contributed by atoms with Crippen molar-refractivity contribution in [1.82, 2.24) is 15.3 Å². The minimum absolute atomic E-state index is 0.134. The molecule has 2 aromatic heterocycles. The molecule has 3 nitrogen and oxygen atoms in total. The minimum atomic E-state index is -4.65. The van der Waals surface area contributed by atoms with Gasteiger partial charge in [0.05, 0.1) is 17.0 Å². The van der Waals surface area contributed by atoms with Gasteiger partial charge in [-0.25, -0.2) is 8.78 Å². The van der Waals surface area contributed by atoms with E-state index in [1.54, 1.807) is 6.92 Å². The number of alkyl halides is 3. The highest BCUT2D eigenvalue weighted by atomic mass is 19.4. The molecule has 2 heterocycles. The first-order valence-electron chi connectivity index (χ1n) is 6.34. The number of halogens is 5. The second-order valence-corrected chi connectivity index (χ2v) is 4.62. The van der Waals surface area contributed by atoms with E-state index in [1.165, 1.54) is 18.3 Å². The van der Waals surface area contributed by atoms with E-state index in [0.717, 1.165) is 0 Å². The van der Waals surface area contributed by atoms with Crippen LogP contribution in [0.1, 0.15) is 29.9 Å². The van der Waals surface area contributed by atoms with Crippen LogP contribution in [0, 0.1) is 11.6 Å². The molecule has 8 heteroatoms. The molecular formula is C14H12F5N3. The molecule has 22 heavy (non-hydrogen) atoms. The summed E-state index contributed by atoms with van der Waals surface area (Å²) in [5.41, 5.74) is -1.21. The highest BCUT2D eigenvalue weighted by molar-refractivity contribution is 5.19. The predicted molar refractivity (Wildman–Crippen MR) is 68.6 cm³/mol. The second kappa shape index (κ2) is 6.35. The summed E-state index contributed by atoms with van der Waals surface area (Å²) < 4.78 is 64.4. The lowest BCUT2D eigenvalue weighted by Gasteiger charge is -2.14. The Morgan fingerprint density at radius 2 is 1.91 bits per heavy atom. The van der Waals surface area contributed by atoms with Crippen LogP contribution in [0.5, 0.6) is 0 Å². The fourth-order valence-electron chi connectivity index (χ4n) is 1.81. The van der Waals surface area contributed by atoms with Gasteiger partial charge in [-0.15, -0.1) is 0 Å². The van der Waals surface area contributed by atoms with Crippen LogP contribution in [0.4, 0.5) is 22.0 Å². The van der Waals surface area contributed by atoms with Crippen LogP contribution in [-0.4, -0.2) is 9.97 Å². The molecule has 1 N–H and O–H groups in total. The van der Waals surface area contributed by atoms with Crippen molar-refractivity contribution in [2.24, 2.45) is 0 Å². The van der Waals surface area contributed by atoms with Crippen molar-refractivity contribution < 1.29 is 22.0 Å². The Hall–Kier alpha value is -2.09. The van der Waals surface area contributed by atoms with Gasteiger partial charge in [-0.3, -0.25) is 9.97 Å². The van der Waals surface area contributed by atoms with Crippen molar-refractivity contribution in [3.63, 3.8) is 0 Å². The minimum Gasteiger partial charge on any atom is -0.303 e. The Bertz CT molecular complexity index is 657. The molecule has 0 aliphatic rings. The smallest absolute Gasteiger partial charge is 0.303 e. The van der Waals surface area contributed by atoms with E-state index >= 15 is 0 Å². The zero-order valence-corrected chi connectivity index (χ0v) is 11.5. The van der Waals surface area contributed by atoms with Crippen LogP contribution < -0.4 is 5.32 Å². The molecule has 0 saturated carbocycles. The Morgan fingerprint density at radius 3 is 2.50 bits per heavy atom. The third-order valence-electron chi connectivity index (χ3n) is 3.02. The van der Waals surface area contributed by atoms with Gasteiger partial charge in [0.25, 0.3) is 0 Å². The third kappa shape index (κ3) is 3.76. The maximum atomic E-state index is 13.6. The number of nitrogens with zero attached hydrogens (tertiary/aromatic N) is 2. The van der Waals surface area contributed by atoms with Crippen molar-refractivity contribution in [1.29, 1.82) is 0 Å². The number of nitrogens with one attached hydrogen (secondary N) is 1. The van der Waals surface area contributed by atoms with Gasteiger partial charge in [0, 0.05) is 25.0 Å². The Labute approximate surface area is 123 Å². The van der Waals surface area contributed by atoms with Gasteiger partial charge in [-0.05, 0) is 25.1 Å². The van der Waals surface area contributed by atoms with Gasteiger partial charge in [0.1, 0.15) is 11.6 Å². The van der Waals surface area contributed by atoms with E-state index in [2.05, 4.69) is 15.3 Å². The Morgan fingerprint density at radius 1 is 1.18 bits per heavy atom. The maximum absolute atomic E-state index is 13.6. The first kappa shape index (κ1) is 16.3. The van der Waals surface area contributed by atoms with E-state index in [-0.39, 0.29) is 17.9 Å². The number of rotatable bonds is 4. The molecule has 2 aromatic rings. The van der Waals surface area contributed by atoms with Crippen LogP contribution in [0.15, 0.2) is 30.6 Å². The summed E-state index contributed by atoms with van der Waals surface area (Å²) >= 11 is 0. The molecular weight excluding hydrogens is 305 g/mol. The molecule has 0 saturated heterocycles. The molecule has 0 aromatic carbocycles. The quantitative estimate of drug-likeness (QED) is 0.875. The van der Waals surface area contributed by atoms with Crippen molar-refractivity contribution in [3.05, 3.63) is 59.2 Å². The van der Waals surface area contributed by atoms with Crippen LogP contribution in [0.25, 0.3) is 0 Å². The first-order chi connectivity index (χ1) is 10.3. The molecule has 118 valence electrons.